The second kappa shape index (κ2) is 6.55. The molecule has 7 nitrogen and oxygen atoms in total. The third-order valence-corrected chi connectivity index (χ3v) is 6.01. The van der Waals surface area contributed by atoms with Crippen LogP contribution in [0.2, 0.25) is 0 Å². The maximum Gasteiger partial charge on any atom is 0.262 e. The molecule has 0 spiro atoms. The van der Waals surface area contributed by atoms with Crippen LogP contribution in [0, 0.1) is 5.92 Å². The minimum Gasteiger partial charge on any atom is -0.324 e. The van der Waals surface area contributed by atoms with E-state index in [0.29, 0.717) is 35.3 Å². The Balaban J connectivity index is 1.50. The summed E-state index contributed by atoms with van der Waals surface area (Å²) in [4.78, 5) is 54.1. The van der Waals surface area contributed by atoms with Gasteiger partial charge in [0.05, 0.1) is 28.4 Å². The first kappa shape index (κ1) is 17.6. The third-order valence-electron chi connectivity index (χ3n) is 6.01. The van der Waals surface area contributed by atoms with E-state index in [2.05, 4.69) is 5.32 Å². The maximum absolute atomic E-state index is 13.4. The number of para-hydroxylation sites is 2. The predicted octanol–water partition coefficient (Wildman–Crippen LogP) is 2.44. The molecule has 0 bridgehead atoms. The van der Waals surface area contributed by atoms with Gasteiger partial charge in [-0.05, 0) is 37.1 Å². The van der Waals surface area contributed by atoms with Crippen molar-refractivity contribution in [3.05, 3.63) is 59.7 Å². The summed E-state index contributed by atoms with van der Waals surface area (Å²) in [6, 6.07) is 13.5. The van der Waals surface area contributed by atoms with Crippen LogP contribution in [0.4, 0.5) is 11.4 Å². The van der Waals surface area contributed by atoms with Crippen LogP contribution in [0.15, 0.2) is 48.5 Å². The fraction of sp³-hybridized carbons (Fsp3) is 0.273. The van der Waals surface area contributed by atoms with Gasteiger partial charge >= 0.3 is 0 Å². The molecule has 7 heteroatoms. The lowest BCUT2D eigenvalue weighted by Crippen LogP contribution is -2.49. The van der Waals surface area contributed by atoms with E-state index < -0.39 is 11.8 Å². The first-order chi connectivity index (χ1) is 14.1. The van der Waals surface area contributed by atoms with E-state index in [4.69, 9.17) is 0 Å². The lowest BCUT2D eigenvalue weighted by atomic mass is 10.0. The van der Waals surface area contributed by atoms with E-state index in [0.717, 1.165) is 11.3 Å². The smallest absolute Gasteiger partial charge is 0.262 e. The number of fused-ring (bicyclic) bond motifs is 3. The minimum absolute atomic E-state index is 0.0871. The molecule has 5 rings (SSSR count). The molecule has 2 heterocycles. The zero-order valence-corrected chi connectivity index (χ0v) is 15.6. The molecule has 2 aliphatic heterocycles. The van der Waals surface area contributed by atoms with Crippen molar-refractivity contribution in [1.82, 2.24) is 4.90 Å². The second-order valence-electron chi connectivity index (χ2n) is 7.62. The van der Waals surface area contributed by atoms with Crippen molar-refractivity contribution in [2.75, 3.05) is 16.8 Å². The summed E-state index contributed by atoms with van der Waals surface area (Å²) in [5.74, 6) is -1.66. The first-order valence-corrected chi connectivity index (χ1v) is 9.73. The molecule has 2 aromatic rings. The number of benzene rings is 2. The second-order valence-corrected chi connectivity index (χ2v) is 7.62. The normalized spacial score (nSPS) is 22.7. The van der Waals surface area contributed by atoms with Gasteiger partial charge in [0, 0.05) is 6.04 Å². The van der Waals surface area contributed by atoms with Crippen LogP contribution in [0.3, 0.4) is 0 Å². The van der Waals surface area contributed by atoms with Crippen LogP contribution < -0.4 is 10.2 Å². The van der Waals surface area contributed by atoms with E-state index in [-0.39, 0.29) is 30.3 Å². The number of nitrogens with one attached hydrogen (secondary N) is 1. The molecule has 0 radical (unpaired) electrons. The molecule has 0 unspecified atom stereocenters. The first-order valence-electron chi connectivity index (χ1n) is 9.73. The fourth-order valence-corrected chi connectivity index (χ4v) is 4.66. The molecule has 1 saturated carbocycles. The Morgan fingerprint density at radius 1 is 0.931 bits per heavy atom. The number of imide groups is 1. The van der Waals surface area contributed by atoms with Gasteiger partial charge in [0.25, 0.3) is 11.8 Å². The van der Waals surface area contributed by atoms with E-state index >= 15 is 0 Å². The van der Waals surface area contributed by atoms with Gasteiger partial charge < -0.3 is 10.2 Å². The van der Waals surface area contributed by atoms with Gasteiger partial charge in [-0.25, -0.2) is 0 Å². The molecule has 2 aromatic carbocycles. The zero-order valence-electron chi connectivity index (χ0n) is 15.6. The molecule has 2 atom stereocenters. The number of amides is 4. The third kappa shape index (κ3) is 2.65. The Morgan fingerprint density at radius 2 is 1.59 bits per heavy atom. The van der Waals surface area contributed by atoms with E-state index in [1.807, 2.05) is 6.07 Å². The van der Waals surface area contributed by atoms with Crippen LogP contribution in [-0.4, -0.2) is 41.1 Å². The molecule has 0 aromatic heterocycles. The Kier molecular flexibility index (Phi) is 3.97. The van der Waals surface area contributed by atoms with Crippen molar-refractivity contribution in [2.45, 2.75) is 25.3 Å². The average molecular weight is 389 g/mol. The number of hydrogen-bond acceptors (Lipinski definition) is 4. The Bertz CT molecular complexity index is 1030. The largest absolute Gasteiger partial charge is 0.324 e. The summed E-state index contributed by atoms with van der Waals surface area (Å²) in [5.41, 5.74) is 1.81. The van der Waals surface area contributed by atoms with Gasteiger partial charge in [-0.3, -0.25) is 24.1 Å². The Morgan fingerprint density at radius 3 is 2.31 bits per heavy atom. The van der Waals surface area contributed by atoms with Crippen molar-refractivity contribution < 1.29 is 19.2 Å². The topological polar surface area (TPSA) is 86.8 Å². The molecule has 29 heavy (non-hydrogen) atoms. The molecule has 1 N–H and O–H groups in total. The number of anilines is 2. The van der Waals surface area contributed by atoms with Gasteiger partial charge in [-0.1, -0.05) is 30.7 Å². The van der Waals surface area contributed by atoms with Crippen LogP contribution in [0.1, 0.15) is 40.0 Å². The molecular formula is C22H19N3O4. The highest BCUT2D eigenvalue weighted by atomic mass is 16.2. The number of nitrogens with zero attached hydrogens (tertiary/aromatic N) is 2. The quantitative estimate of drug-likeness (QED) is 0.800. The van der Waals surface area contributed by atoms with Gasteiger partial charge in [0.15, 0.2) is 0 Å². The number of carbonyl (C=O) groups excluding carboxylic acids is 4. The molecule has 3 aliphatic rings. The predicted molar refractivity (Wildman–Crippen MR) is 105 cm³/mol. The summed E-state index contributed by atoms with van der Waals surface area (Å²) in [6.07, 6.45) is 2.27. The van der Waals surface area contributed by atoms with Crippen molar-refractivity contribution >= 4 is 35.0 Å². The van der Waals surface area contributed by atoms with Crippen molar-refractivity contribution in [1.29, 1.82) is 0 Å². The highest BCUT2D eigenvalue weighted by Crippen LogP contribution is 2.40. The summed E-state index contributed by atoms with van der Waals surface area (Å²) >= 11 is 0. The van der Waals surface area contributed by atoms with Gasteiger partial charge in [-0.2, -0.15) is 0 Å². The zero-order chi connectivity index (χ0) is 20.1. The van der Waals surface area contributed by atoms with Gasteiger partial charge in [-0.15, -0.1) is 0 Å². The average Bonchev–Trinajstić information content (AvgIpc) is 3.26. The van der Waals surface area contributed by atoms with Crippen LogP contribution in [0.25, 0.3) is 0 Å². The Labute approximate surface area is 167 Å². The maximum atomic E-state index is 13.4. The summed E-state index contributed by atoms with van der Waals surface area (Å²) < 4.78 is 0. The summed E-state index contributed by atoms with van der Waals surface area (Å²) in [7, 11) is 0. The van der Waals surface area contributed by atoms with E-state index in [9.17, 15) is 19.2 Å². The van der Waals surface area contributed by atoms with Gasteiger partial charge in [0.1, 0.15) is 6.54 Å². The molecule has 146 valence electrons. The monoisotopic (exact) mass is 389 g/mol. The van der Waals surface area contributed by atoms with Crippen LogP contribution in [-0.2, 0) is 9.59 Å². The van der Waals surface area contributed by atoms with Crippen molar-refractivity contribution in [3.63, 3.8) is 0 Å². The number of rotatable bonds is 2. The lowest BCUT2D eigenvalue weighted by Gasteiger charge is -2.31. The molecule has 4 amide bonds. The fourth-order valence-electron chi connectivity index (χ4n) is 4.66. The van der Waals surface area contributed by atoms with Crippen LogP contribution >= 0.6 is 0 Å². The van der Waals surface area contributed by atoms with Gasteiger partial charge in [0.2, 0.25) is 11.8 Å². The molecule has 1 aliphatic carbocycles. The summed E-state index contributed by atoms with van der Waals surface area (Å²) in [5, 5.41) is 2.92. The van der Waals surface area contributed by atoms with Crippen molar-refractivity contribution in [3.8, 4) is 0 Å². The van der Waals surface area contributed by atoms with Crippen LogP contribution in [0.5, 0.6) is 0 Å². The molecule has 1 fully saturated rings. The lowest BCUT2D eigenvalue weighted by molar-refractivity contribution is -0.121. The Hall–Kier alpha value is -3.48. The number of carbonyl (C=O) groups is 4. The van der Waals surface area contributed by atoms with Crippen molar-refractivity contribution in [2.24, 2.45) is 5.92 Å². The SMILES string of the molecule is O=C1Nc2ccccc2N(C(=O)CN2C(=O)c3ccccc3C2=O)[C@@H]2CCC[C@H]12. The highest BCUT2D eigenvalue weighted by Gasteiger charge is 2.44. The molecular weight excluding hydrogens is 370 g/mol. The summed E-state index contributed by atoms with van der Waals surface area (Å²) in [6.45, 7) is -0.349. The standard InChI is InChI=1S/C22H19N3O4/c26-19(12-24-21(28)13-6-1-2-7-14(13)22(24)29)25-17-11-5-8-15(17)20(27)23-16-9-3-4-10-18(16)25/h1-4,6-7,9-10,15,17H,5,8,11-12H2,(H,23,27)/t15-,17+/m0/s1. The van der Waals surface area contributed by atoms with E-state index in [1.165, 1.54) is 0 Å². The number of hydrogen-bond donors (Lipinski definition) is 1. The highest BCUT2D eigenvalue weighted by molar-refractivity contribution is 6.23. The molecule has 0 saturated heterocycles. The minimum atomic E-state index is -0.459. The van der Waals surface area contributed by atoms with E-state index in [1.54, 1.807) is 47.4 Å².